The van der Waals surface area contributed by atoms with E-state index in [1.807, 2.05) is 0 Å². The van der Waals surface area contributed by atoms with Crippen molar-refractivity contribution in [1.29, 1.82) is 0 Å². The quantitative estimate of drug-likeness (QED) is 0.677. The van der Waals surface area contributed by atoms with Crippen LogP contribution in [0, 0.1) is 0 Å². The molecular formula is C8H19FOSn. The smallest absolute Gasteiger partial charge is 0.269 e. The number of unbranched alkanes of at least 4 members (excludes halogenated alkanes) is 2. The summed E-state index contributed by atoms with van der Waals surface area (Å²) >= 11 is -1.99. The maximum Gasteiger partial charge on any atom is -0.269 e. The summed E-state index contributed by atoms with van der Waals surface area (Å²) in [6.45, 7) is 4.33. The van der Waals surface area contributed by atoms with Gasteiger partial charge in [0.15, 0.2) is 0 Å². The van der Waals surface area contributed by atoms with Crippen LogP contribution >= 0.6 is 0 Å². The SMILES string of the molecule is CCC[CH2][Sn](=[O])[CH2]CCC.F. The van der Waals surface area contributed by atoms with Crippen molar-refractivity contribution in [2.75, 3.05) is 0 Å². The van der Waals surface area contributed by atoms with Crippen molar-refractivity contribution in [1.82, 2.24) is 0 Å². The van der Waals surface area contributed by atoms with Crippen LogP contribution in [0.25, 0.3) is 0 Å². The van der Waals surface area contributed by atoms with E-state index < -0.39 is 19.7 Å². The van der Waals surface area contributed by atoms with Crippen molar-refractivity contribution in [3.05, 3.63) is 0 Å². The van der Waals surface area contributed by atoms with Gasteiger partial charge in [-0.25, -0.2) is 0 Å². The maximum absolute atomic E-state index is 11.2. The van der Waals surface area contributed by atoms with Gasteiger partial charge in [0.2, 0.25) is 0 Å². The van der Waals surface area contributed by atoms with E-state index in [9.17, 15) is 3.08 Å². The zero-order valence-corrected chi connectivity index (χ0v) is 10.4. The van der Waals surface area contributed by atoms with Crippen LogP contribution in [0.15, 0.2) is 0 Å². The Kier molecular flexibility index (Phi) is 13.5. The normalized spacial score (nSPS) is 8.91. The van der Waals surface area contributed by atoms with E-state index in [1.165, 1.54) is 25.7 Å². The molecule has 68 valence electrons. The molecule has 3 heteroatoms. The van der Waals surface area contributed by atoms with Crippen molar-refractivity contribution >= 4 is 19.7 Å². The van der Waals surface area contributed by atoms with Gasteiger partial charge in [-0.15, -0.1) is 0 Å². The molecule has 0 aromatic carbocycles. The predicted octanol–water partition coefficient (Wildman–Crippen LogP) is 3.16. The van der Waals surface area contributed by atoms with Crippen molar-refractivity contribution < 1.29 is 7.78 Å². The van der Waals surface area contributed by atoms with E-state index in [-0.39, 0.29) is 4.70 Å². The molecule has 0 atom stereocenters. The summed E-state index contributed by atoms with van der Waals surface area (Å²) in [7, 11) is 0. The average Bonchev–Trinajstić information content (AvgIpc) is 1.97. The van der Waals surface area contributed by atoms with Crippen LogP contribution in [0.2, 0.25) is 8.87 Å². The zero-order valence-electron chi connectivity index (χ0n) is 7.56. The predicted molar refractivity (Wildman–Crippen MR) is 48.4 cm³/mol. The van der Waals surface area contributed by atoms with Crippen molar-refractivity contribution in [3.8, 4) is 0 Å². The topological polar surface area (TPSA) is 17.1 Å². The fourth-order valence-corrected chi connectivity index (χ4v) is 5.86. The molecule has 0 saturated carbocycles. The van der Waals surface area contributed by atoms with Gasteiger partial charge in [0.1, 0.15) is 0 Å². The fourth-order valence-electron chi connectivity index (χ4n) is 0.873. The molecule has 0 aliphatic rings. The van der Waals surface area contributed by atoms with E-state index in [0.29, 0.717) is 0 Å². The van der Waals surface area contributed by atoms with Crippen LogP contribution in [0.3, 0.4) is 0 Å². The third-order valence-corrected chi connectivity index (χ3v) is 6.82. The van der Waals surface area contributed by atoms with Crippen LogP contribution in [0.4, 0.5) is 4.70 Å². The number of rotatable bonds is 6. The summed E-state index contributed by atoms with van der Waals surface area (Å²) in [6, 6.07) is 0. The Morgan fingerprint density at radius 1 is 1.00 bits per heavy atom. The molecule has 0 aromatic rings. The average molecular weight is 269 g/mol. The van der Waals surface area contributed by atoms with Crippen LogP contribution in [-0.4, -0.2) is 19.7 Å². The monoisotopic (exact) mass is 270 g/mol. The van der Waals surface area contributed by atoms with Crippen molar-refractivity contribution in [2.45, 2.75) is 48.4 Å². The Labute approximate surface area is 76.1 Å². The van der Waals surface area contributed by atoms with E-state index in [2.05, 4.69) is 13.8 Å². The Hall–Kier alpha value is 0.529. The maximum atomic E-state index is 11.2. The third-order valence-electron chi connectivity index (χ3n) is 1.62. The van der Waals surface area contributed by atoms with Gasteiger partial charge < -0.3 is 0 Å². The molecule has 1 nitrogen and oxygen atoms in total. The fraction of sp³-hybridized carbons (Fsp3) is 1.00. The first kappa shape index (κ1) is 14.1. The molecule has 0 aliphatic carbocycles. The van der Waals surface area contributed by atoms with E-state index >= 15 is 0 Å². The van der Waals surface area contributed by atoms with Gasteiger partial charge in [0, 0.05) is 0 Å². The summed E-state index contributed by atoms with van der Waals surface area (Å²) in [5.41, 5.74) is 0. The van der Waals surface area contributed by atoms with Gasteiger partial charge in [0.05, 0.1) is 0 Å². The number of hydrogen-bond acceptors (Lipinski definition) is 1. The summed E-state index contributed by atoms with van der Waals surface area (Å²) in [5.74, 6) is 0. The molecule has 11 heavy (non-hydrogen) atoms. The summed E-state index contributed by atoms with van der Waals surface area (Å²) in [5, 5.41) is 0. The summed E-state index contributed by atoms with van der Waals surface area (Å²) in [4.78, 5) is 0. The molecule has 0 heterocycles. The molecular weight excluding hydrogens is 250 g/mol. The molecule has 0 aliphatic heterocycles. The number of halogens is 1. The van der Waals surface area contributed by atoms with Crippen LogP contribution < -0.4 is 0 Å². The first-order valence-electron chi connectivity index (χ1n) is 4.33. The van der Waals surface area contributed by atoms with E-state index in [0.717, 1.165) is 8.87 Å². The number of hydrogen-bond donors (Lipinski definition) is 0. The molecule has 0 saturated heterocycles. The molecule has 0 amide bonds. The van der Waals surface area contributed by atoms with Crippen molar-refractivity contribution in [3.63, 3.8) is 0 Å². The largest absolute Gasteiger partial charge is 0.269 e. The third kappa shape index (κ3) is 10.5. The molecule has 0 spiro atoms. The van der Waals surface area contributed by atoms with Gasteiger partial charge in [-0.05, 0) is 0 Å². The van der Waals surface area contributed by atoms with Gasteiger partial charge in [-0.3, -0.25) is 4.70 Å². The van der Waals surface area contributed by atoms with Gasteiger partial charge in [-0.1, -0.05) is 0 Å². The first-order valence-corrected chi connectivity index (χ1v) is 9.53. The second-order valence-electron chi connectivity index (χ2n) is 2.75. The van der Waals surface area contributed by atoms with E-state index in [4.69, 9.17) is 0 Å². The van der Waals surface area contributed by atoms with Crippen LogP contribution in [0.5, 0.6) is 0 Å². The molecule has 0 radical (unpaired) electrons. The minimum absolute atomic E-state index is 0. The Morgan fingerprint density at radius 3 is 1.64 bits per heavy atom. The molecule has 0 fully saturated rings. The molecule has 0 unspecified atom stereocenters. The van der Waals surface area contributed by atoms with Crippen LogP contribution in [-0.2, 0) is 3.08 Å². The molecule has 0 bridgehead atoms. The van der Waals surface area contributed by atoms with Gasteiger partial charge in [0.25, 0.3) is 0 Å². The standard InChI is InChI=1S/2C4H9.FH.O.Sn/c2*1-3-4-2;;;/h2*1,3-4H2,2H3;1H;;. The Balaban J connectivity index is 0. The molecule has 0 N–H and O–H groups in total. The second kappa shape index (κ2) is 10.5. The van der Waals surface area contributed by atoms with Gasteiger partial charge in [-0.2, -0.15) is 0 Å². The molecule has 0 aromatic heterocycles. The van der Waals surface area contributed by atoms with Crippen molar-refractivity contribution in [2.24, 2.45) is 0 Å². The molecule has 0 rings (SSSR count). The van der Waals surface area contributed by atoms with Crippen LogP contribution in [0.1, 0.15) is 39.5 Å². The Morgan fingerprint density at radius 2 is 1.36 bits per heavy atom. The Bertz CT molecular complexity index is 86.1. The van der Waals surface area contributed by atoms with Gasteiger partial charge >= 0.3 is 71.2 Å². The van der Waals surface area contributed by atoms with E-state index in [1.54, 1.807) is 0 Å². The minimum atomic E-state index is -1.99. The summed E-state index contributed by atoms with van der Waals surface area (Å²) < 4.78 is 13.4. The minimum Gasteiger partial charge on any atom is -0.269 e. The summed E-state index contributed by atoms with van der Waals surface area (Å²) in [6.07, 6.45) is 4.81. The first-order chi connectivity index (χ1) is 4.81. The second-order valence-corrected chi connectivity index (χ2v) is 8.67. The zero-order chi connectivity index (χ0) is 7.82.